The van der Waals surface area contributed by atoms with Crippen molar-refractivity contribution in [2.45, 2.75) is 16.7 Å². The molecule has 4 aromatic carbocycles. The molecule has 0 atom stereocenters. The fraction of sp³-hybridized carbons (Fsp3) is 0.0690. The van der Waals surface area contributed by atoms with Crippen LogP contribution in [0.25, 0.3) is 49.0 Å². The predicted molar refractivity (Wildman–Crippen MR) is 135 cm³/mol. The Kier molecular flexibility index (Phi) is 3.65. The molecule has 152 valence electrons. The molecule has 0 spiro atoms. The van der Waals surface area contributed by atoms with Crippen LogP contribution in [0.5, 0.6) is 0 Å². The summed E-state index contributed by atoms with van der Waals surface area (Å²) in [6.07, 6.45) is 2.19. The second kappa shape index (κ2) is 6.47. The predicted octanol–water partition coefficient (Wildman–Crippen LogP) is 7.27. The lowest BCUT2D eigenvalue weighted by Crippen LogP contribution is -2.28. The fourth-order valence-corrected chi connectivity index (χ4v) is 6.19. The maximum Gasteiger partial charge on any atom is 0.224 e. The van der Waals surface area contributed by atoms with E-state index in [1.54, 1.807) is 0 Å². The minimum atomic E-state index is 1.26. The largest absolute Gasteiger partial charge is 0.307 e. The van der Waals surface area contributed by atoms with E-state index >= 15 is 0 Å². The van der Waals surface area contributed by atoms with E-state index in [9.17, 15) is 0 Å². The number of hydrogen-bond acceptors (Lipinski definition) is 1. The highest BCUT2D eigenvalue weighted by Crippen LogP contribution is 2.41. The molecule has 0 aliphatic rings. The van der Waals surface area contributed by atoms with Gasteiger partial charge in [-0.2, -0.15) is 0 Å². The molecule has 3 heterocycles. The monoisotopic (exact) mass is 429 g/mol. The molecule has 0 saturated heterocycles. The standard InChI is InChI=1S/C29H21N2S/c1-18-11-13-22-23-17-21(32-20-8-4-3-5-9-20)12-14-24(23)31-25-10-6-7-19-15-16-30(2)29(27(19)25)26(18)28(22)31/h3-17H,1-2H3/q+1. The van der Waals surface area contributed by atoms with Crippen LogP contribution < -0.4 is 4.57 Å². The third-order valence-electron chi connectivity index (χ3n) is 6.71. The number of hydrogen-bond donors (Lipinski definition) is 0. The third-order valence-corrected chi connectivity index (χ3v) is 7.70. The summed E-state index contributed by atoms with van der Waals surface area (Å²) in [5.74, 6) is 0. The van der Waals surface area contributed by atoms with Crippen molar-refractivity contribution in [2.75, 3.05) is 0 Å². The molecule has 0 bridgehead atoms. The van der Waals surface area contributed by atoms with Crippen LogP contribution >= 0.6 is 11.8 Å². The molecule has 0 saturated carbocycles. The molecule has 0 aliphatic carbocycles. The van der Waals surface area contributed by atoms with Crippen LogP contribution in [0.3, 0.4) is 0 Å². The first-order chi connectivity index (χ1) is 15.7. The van der Waals surface area contributed by atoms with Gasteiger partial charge < -0.3 is 4.40 Å². The molecule has 0 aliphatic heterocycles. The van der Waals surface area contributed by atoms with Gasteiger partial charge in [0, 0.05) is 26.6 Å². The number of pyridine rings is 2. The minimum Gasteiger partial charge on any atom is -0.307 e. The number of benzene rings is 4. The normalized spacial score (nSPS) is 12.2. The van der Waals surface area contributed by atoms with Crippen molar-refractivity contribution >= 4 is 60.8 Å². The molecule has 2 nitrogen and oxygen atoms in total. The SMILES string of the molecule is Cc1ccc2c3cc(Sc4ccccc4)ccc3n3c4cccc5cc[n+](C)c(c1c23)c54. The van der Waals surface area contributed by atoms with Crippen molar-refractivity contribution in [3.05, 3.63) is 96.7 Å². The van der Waals surface area contributed by atoms with Crippen LogP contribution in [-0.4, -0.2) is 4.40 Å². The third kappa shape index (κ3) is 2.34. The lowest BCUT2D eigenvalue weighted by molar-refractivity contribution is -0.643. The van der Waals surface area contributed by atoms with Gasteiger partial charge in [0.15, 0.2) is 6.20 Å². The van der Waals surface area contributed by atoms with E-state index in [0.29, 0.717) is 0 Å². The molecule has 7 rings (SSSR count). The van der Waals surface area contributed by atoms with Crippen LogP contribution in [0.4, 0.5) is 0 Å². The van der Waals surface area contributed by atoms with Gasteiger partial charge in [-0.1, -0.05) is 54.2 Å². The Labute approximate surface area is 190 Å². The topological polar surface area (TPSA) is 8.29 Å². The van der Waals surface area contributed by atoms with E-state index in [2.05, 4.69) is 114 Å². The highest BCUT2D eigenvalue weighted by Gasteiger charge is 2.23. The highest BCUT2D eigenvalue weighted by molar-refractivity contribution is 7.99. The van der Waals surface area contributed by atoms with Crippen LogP contribution in [0.2, 0.25) is 0 Å². The summed E-state index contributed by atoms with van der Waals surface area (Å²) in [5, 5.41) is 6.61. The molecule has 0 unspecified atom stereocenters. The Bertz CT molecular complexity index is 1810. The Balaban J connectivity index is 1.67. The van der Waals surface area contributed by atoms with E-state index in [0.717, 1.165) is 0 Å². The lowest BCUT2D eigenvalue weighted by Gasteiger charge is -2.12. The first kappa shape index (κ1) is 18.1. The molecular formula is C29H21N2S+. The number of aromatic nitrogens is 2. The van der Waals surface area contributed by atoms with Crippen molar-refractivity contribution in [2.24, 2.45) is 7.05 Å². The average molecular weight is 430 g/mol. The number of rotatable bonds is 2. The van der Waals surface area contributed by atoms with Gasteiger partial charge in [-0.05, 0) is 54.3 Å². The van der Waals surface area contributed by atoms with Crippen molar-refractivity contribution in [3.63, 3.8) is 0 Å². The Hall–Kier alpha value is -3.56. The zero-order chi connectivity index (χ0) is 21.4. The van der Waals surface area contributed by atoms with Gasteiger partial charge in [0.2, 0.25) is 5.52 Å². The molecule has 0 radical (unpaired) electrons. The summed E-state index contributed by atoms with van der Waals surface area (Å²) in [6, 6.07) is 31.0. The van der Waals surface area contributed by atoms with Gasteiger partial charge in [0.05, 0.1) is 27.3 Å². The van der Waals surface area contributed by atoms with E-state index in [1.165, 1.54) is 64.4 Å². The summed E-state index contributed by atoms with van der Waals surface area (Å²) in [7, 11) is 2.16. The molecule has 32 heavy (non-hydrogen) atoms. The summed E-state index contributed by atoms with van der Waals surface area (Å²) in [5.41, 5.74) is 6.50. The maximum absolute atomic E-state index is 2.49. The van der Waals surface area contributed by atoms with Crippen LogP contribution in [0.15, 0.2) is 101 Å². The molecular weight excluding hydrogens is 408 g/mol. The lowest BCUT2D eigenvalue weighted by atomic mass is 10.00. The molecule has 3 aromatic heterocycles. The van der Waals surface area contributed by atoms with Crippen LogP contribution in [-0.2, 0) is 7.05 Å². The Morgan fingerprint density at radius 1 is 0.719 bits per heavy atom. The summed E-state index contributed by atoms with van der Waals surface area (Å²) >= 11 is 1.82. The van der Waals surface area contributed by atoms with Gasteiger partial charge in [0.1, 0.15) is 7.05 Å². The summed E-state index contributed by atoms with van der Waals surface area (Å²) in [4.78, 5) is 2.53. The van der Waals surface area contributed by atoms with Gasteiger partial charge >= 0.3 is 0 Å². The molecule has 0 fully saturated rings. The second-order valence-corrected chi connectivity index (χ2v) is 9.75. The number of fused-ring (bicyclic) bond motifs is 5. The smallest absolute Gasteiger partial charge is 0.224 e. The molecule has 7 aromatic rings. The van der Waals surface area contributed by atoms with Gasteiger partial charge in [-0.3, -0.25) is 0 Å². The number of nitrogens with zero attached hydrogens (tertiary/aromatic N) is 2. The zero-order valence-corrected chi connectivity index (χ0v) is 18.8. The maximum atomic E-state index is 2.49. The highest BCUT2D eigenvalue weighted by atomic mass is 32.2. The summed E-state index contributed by atoms with van der Waals surface area (Å²) in [6.45, 7) is 2.24. The average Bonchev–Trinajstić information content (AvgIpc) is 3.14. The Morgan fingerprint density at radius 2 is 1.59 bits per heavy atom. The van der Waals surface area contributed by atoms with Gasteiger partial charge in [0.25, 0.3) is 0 Å². The second-order valence-electron chi connectivity index (χ2n) is 8.60. The quantitative estimate of drug-likeness (QED) is 0.159. The molecule has 3 heteroatoms. The first-order valence-electron chi connectivity index (χ1n) is 10.9. The fourth-order valence-electron chi connectivity index (χ4n) is 5.31. The van der Waals surface area contributed by atoms with E-state index in [4.69, 9.17) is 0 Å². The first-order valence-corrected chi connectivity index (χ1v) is 11.8. The minimum absolute atomic E-state index is 1.26. The zero-order valence-electron chi connectivity index (χ0n) is 18.0. The summed E-state index contributed by atoms with van der Waals surface area (Å²) < 4.78 is 4.77. The molecule has 0 N–H and O–H groups in total. The van der Waals surface area contributed by atoms with Gasteiger partial charge in [-0.25, -0.2) is 4.57 Å². The van der Waals surface area contributed by atoms with Crippen molar-refractivity contribution in [1.29, 1.82) is 0 Å². The van der Waals surface area contributed by atoms with Crippen LogP contribution in [0.1, 0.15) is 5.56 Å². The van der Waals surface area contributed by atoms with E-state index in [-0.39, 0.29) is 0 Å². The van der Waals surface area contributed by atoms with E-state index < -0.39 is 0 Å². The van der Waals surface area contributed by atoms with Crippen molar-refractivity contribution in [3.8, 4) is 0 Å². The van der Waals surface area contributed by atoms with E-state index in [1.807, 2.05) is 11.8 Å². The van der Waals surface area contributed by atoms with Crippen molar-refractivity contribution in [1.82, 2.24) is 4.40 Å². The van der Waals surface area contributed by atoms with Crippen LogP contribution in [0, 0.1) is 6.92 Å². The Morgan fingerprint density at radius 3 is 2.47 bits per heavy atom. The van der Waals surface area contributed by atoms with Crippen molar-refractivity contribution < 1.29 is 4.57 Å². The number of aryl methyl sites for hydroxylation is 2. The van der Waals surface area contributed by atoms with Gasteiger partial charge in [-0.15, -0.1) is 0 Å². The molecule has 0 amide bonds.